The average Bonchev–Trinajstić information content (AvgIpc) is 2.16. The predicted octanol–water partition coefficient (Wildman–Crippen LogP) is 2.34. The summed E-state index contributed by atoms with van der Waals surface area (Å²) in [6.07, 6.45) is -9.46. The Morgan fingerprint density at radius 1 is 1.21 bits per heavy atom. The highest BCUT2D eigenvalue weighted by atomic mass is 19.4. The lowest BCUT2D eigenvalue weighted by Crippen LogP contribution is -2.45. The van der Waals surface area contributed by atoms with Crippen molar-refractivity contribution >= 4 is 17.3 Å². The zero-order chi connectivity index (χ0) is 14.8. The summed E-state index contributed by atoms with van der Waals surface area (Å²) in [7, 11) is 0. The van der Waals surface area contributed by atoms with Crippen molar-refractivity contribution in [3.63, 3.8) is 0 Å². The zero-order valence-corrected chi connectivity index (χ0v) is 9.01. The monoisotopic (exact) mass is 287 g/mol. The van der Waals surface area contributed by atoms with E-state index in [1.807, 2.05) is 0 Å². The van der Waals surface area contributed by atoms with E-state index in [1.165, 1.54) is 5.32 Å². The van der Waals surface area contributed by atoms with Gasteiger partial charge in [-0.25, -0.2) is 0 Å². The fraction of sp³-hybridized carbons (Fsp3) is 0.333. The maximum Gasteiger partial charge on any atom is 0.409 e. The van der Waals surface area contributed by atoms with Gasteiger partial charge in [0.05, 0.1) is 17.6 Å². The molecule has 0 atom stereocenters. The van der Waals surface area contributed by atoms with Crippen molar-refractivity contribution in [1.29, 1.82) is 0 Å². The number of rotatable bonds is 2. The Morgan fingerprint density at radius 3 is 2.16 bits per heavy atom. The molecule has 0 bridgehead atoms. The number of aromatic nitrogens is 1. The van der Waals surface area contributed by atoms with Gasteiger partial charge in [0.25, 0.3) is 0 Å². The smallest absolute Gasteiger partial charge is 0.396 e. The van der Waals surface area contributed by atoms with E-state index in [4.69, 9.17) is 5.73 Å². The minimum atomic E-state index is -5.75. The van der Waals surface area contributed by atoms with Gasteiger partial charge < -0.3 is 11.1 Å². The largest absolute Gasteiger partial charge is 0.409 e. The topological polar surface area (TPSA) is 68.0 Å². The Bertz CT molecular complexity index is 456. The summed E-state index contributed by atoms with van der Waals surface area (Å²) >= 11 is 0. The Kier molecular flexibility index (Phi) is 3.91. The second-order valence-electron chi connectivity index (χ2n) is 3.47. The zero-order valence-electron chi connectivity index (χ0n) is 9.01. The quantitative estimate of drug-likeness (QED) is 0.820. The summed E-state index contributed by atoms with van der Waals surface area (Å²) < 4.78 is 73.5. The molecule has 0 spiro atoms. The van der Waals surface area contributed by atoms with Crippen molar-refractivity contribution in [3.05, 3.63) is 18.5 Å². The number of nitrogens with one attached hydrogen (secondary N) is 1. The van der Waals surface area contributed by atoms with Gasteiger partial charge in [0.15, 0.2) is 0 Å². The van der Waals surface area contributed by atoms with Gasteiger partial charge in [-0.05, 0) is 6.07 Å². The maximum absolute atomic E-state index is 12.2. The van der Waals surface area contributed by atoms with E-state index < -0.39 is 24.2 Å². The molecule has 0 saturated carbocycles. The van der Waals surface area contributed by atoms with Gasteiger partial charge in [-0.3, -0.25) is 9.78 Å². The number of anilines is 2. The van der Waals surface area contributed by atoms with Gasteiger partial charge >= 0.3 is 12.4 Å². The summed E-state index contributed by atoms with van der Waals surface area (Å²) in [5.74, 6) is -6.37. The van der Waals surface area contributed by atoms with Crippen molar-refractivity contribution in [3.8, 4) is 0 Å². The molecule has 0 saturated heterocycles. The van der Waals surface area contributed by atoms with E-state index in [0.29, 0.717) is 0 Å². The van der Waals surface area contributed by atoms with Crippen LogP contribution in [0.5, 0.6) is 0 Å². The molecule has 19 heavy (non-hydrogen) atoms. The number of nitrogens with zero attached hydrogens (tertiary/aromatic N) is 1. The lowest BCUT2D eigenvalue weighted by molar-refractivity contribution is -0.272. The molecule has 0 unspecified atom stereocenters. The number of carbonyl (C=O) groups excluding carboxylic acids is 1. The molecule has 4 nitrogen and oxygen atoms in total. The number of nitrogens with two attached hydrogens (primary N) is 1. The van der Waals surface area contributed by atoms with Gasteiger partial charge in [-0.15, -0.1) is 0 Å². The normalized spacial score (nSPS) is 12.6. The first-order chi connectivity index (χ1) is 8.53. The molecule has 106 valence electrons. The number of hydrogen-bond acceptors (Lipinski definition) is 3. The molecule has 1 heterocycles. The third-order valence-corrected chi connectivity index (χ3v) is 2.03. The van der Waals surface area contributed by atoms with Crippen LogP contribution in [-0.2, 0) is 4.79 Å². The molecule has 10 heteroatoms. The molecule has 0 radical (unpaired) electrons. The second-order valence-corrected chi connectivity index (χ2v) is 3.47. The van der Waals surface area contributed by atoms with E-state index in [2.05, 4.69) is 4.98 Å². The van der Waals surface area contributed by atoms with Crippen LogP contribution < -0.4 is 11.1 Å². The van der Waals surface area contributed by atoms with E-state index in [-0.39, 0.29) is 11.4 Å². The molecule has 0 aliphatic carbocycles. The average molecular weight is 287 g/mol. The van der Waals surface area contributed by atoms with Crippen molar-refractivity contribution in [2.24, 2.45) is 5.92 Å². The van der Waals surface area contributed by atoms with Crippen LogP contribution in [0.1, 0.15) is 0 Å². The van der Waals surface area contributed by atoms with Gasteiger partial charge in [-0.1, -0.05) is 0 Å². The minimum Gasteiger partial charge on any atom is -0.396 e. The first-order valence-electron chi connectivity index (χ1n) is 4.67. The number of alkyl halides is 6. The van der Waals surface area contributed by atoms with Crippen LogP contribution in [0.2, 0.25) is 0 Å². The Labute approximate surface area is 102 Å². The van der Waals surface area contributed by atoms with Gasteiger partial charge in [0.2, 0.25) is 11.8 Å². The molecule has 0 aromatic carbocycles. The third-order valence-electron chi connectivity index (χ3n) is 2.03. The summed E-state index contributed by atoms with van der Waals surface area (Å²) in [5.41, 5.74) is 4.62. The van der Waals surface area contributed by atoms with Gasteiger partial charge in [0, 0.05) is 6.20 Å². The van der Waals surface area contributed by atoms with Crippen molar-refractivity contribution < 1.29 is 31.1 Å². The second kappa shape index (κ2) is 4.94. The molecule has 1 rings (SSSR count). The van der Waals surface area contributed by atoms with E-state index in [0.717, 1.165) is 18.5 Å². The fourth-order valence-corrected chi connectivity index (χ4v) is 1.21. The van der Waals surface area contributed by atoms with Gasteiger partial charge in [-0.2, -0.15) is 26.3 Å². The lowest BCUT2D eigenvalue weighted by Gasteiger charge is -2.22. The standard InChI is InChI=1S/C9H7F6N3O/c10-8(11,12)6(9(13,14)15)7(19)18-5-1-2-17-3-4(5)16/h1-3,6H,16H2,(H,17,18,19). The highest BCUT2D eigenvalue weighted by Gasteiger charge is 2.61. The fourth-order valence-electron chi connectivity index (χ4n) is 1.21. The molecule has 0 aliphatic rings. The minimum absolute atomic E-state index is 0.251. The Balaban J connectivity index is 3.01. The van der Waals surface area contributed by atoms with Crippen LogP contribution in [0.15, 0.2) is 18.5 Å². The first kappa shape index (κ1) is 15.1. The first-order valence-corrected chi connectivity index (χ1v) is 4.67. The summed E-state index contributed by atoms with van der Waals surface area (Å²) in [6.45, 7) is 0. The van der Waals surface area contributed by atoms with Crippen molar-refractivity contribution in [1.82, 2.24) is 4.98 Å². The number of hydrogen-bond donors (Lipinski definition) is 2. The van der Waals surface area contributed by atoms with Crippen LogP contribution in [0.4, 0.5) is 37.7 Å². The number of carbonyl (C=O) groups is 1. The van der Waals surface area contributed by atoms with E-state index in [1.54, 1.807) is 0 Å². The van der Waals surface area contributed by atoms with E-state index >= 15 is 0 Å². The van der Waals surface area contributed by atoms with Crippen LogP contribution in [0, 0.1) is 5.92 Å². The molecule has 1 aromatic heterocycles. The molecule has 0 fully saturated rings. The molecular formula is C9H7F6N3O. The van der Waals surface area contributed by atoms with Crippen LogP contribution >= 0.6 is 0 Å². The number of nitrogen functional groups attached to an aromatic ring is 1. The molecule has 0 aliphatic heterocycles. The lowest BCUT2D eigenvalue weighted by atomic mass is 10.1. The number of halogens is 6. The highest BCUT2D eigenvalue weighted by Crippen LogP contribution is 2.40. The van der Waals surface area contributed by atoms with Crippen LogP contribution in [-0.4, -0.2) is 23.2 Å². The highest BCUT2D eigenvalue weighted by molar-refractivity contribution is 5.96. The molecule has 1 amide bonds. The maximum atomic E-state index is 12.2. The Morgan fingerprint density at radius 2 is 1.74 bits per heavy atom. The Hall–Kier alpha value is -2.00. The predicted molar refractivity (Wildman–Crippen MR) is 52.9 cm³/mol. The summed E-state index contributed by atoms with van der Waals surface area (Å²) in [4.78, 5) is 14.6. The van der Waals surface area contributed by atoms with Crippen molar-refractivity contribution in [2.75, 3.05) is 11.1 Å². The third kappa shape index (κ3) is 3.73. The van der Waals surface area contributed by atoms with Gasteiger partial charge in [0.1, 0.15) is 0 Å². The molecule has 1 aromatic rings. The molecular weight excluding hydrogens is 280 g/mol. The number of amides is 1. The van der Waals surface area contributed by atoms with Crippen molar-refractivity contribution in [2.45, 2.75) is 12.4 Å². The number of pyridine rings is 1. The molecule has 3 N–H and O–H groups in total. The summed E-state index contributed by atoms with van der Waals surface area (Å²) in [6, 6.07) is 0.983. The summed E-state index contributed by atoms with van der Waals surface area (Å²) in [5, 5.41) is 1.48. The SMILES string of the molecule is Nc1cnccc1NC(=O)C(C(F)(F)F)C(F)(F)F. The van der Waals surface area contributed by atoms with Crippen LogP contribution in [0.25, 0.3) is 0 Å². The van der Waals surface area contributed by atoms with E-state index in [9.17, 15) is 31.1 Å². The van der Waals surface area contributed by atoms with Crippen LogP contribution in [0.3, 0.4) is 0 Å².